The fraction of sp³-hybridized carbons (Fsp3) is 0.444. The number of nitrogens with zero attached hydrogens (tertiary/aromatic N) is 2. The molecule has 1 amide bonds. The molecule has 1 aromatic heterocycles. The molecule has 0 bridgehead atoms. The van der Waals surface area contributed by atoms with Gasteiger partial charge in [0.2, 0.25) is 11.9 Å². The minimum atomic E-state index is 0.0705. The van der Waals surface area contributed by atoms with Gasteiger partial charge in [-0.25, -0.2) is 10.8 Å². The molecule has 5 N–H and O–H groups in total. The number of rotatable bonds is 3. The third-order valence-corrected chi connectivity index (χ3v) is 2.76. The van der Waals surface area contributed by atoms with Crippen molar-refractivity contribution in [3.8, 4) is 0 Å². The molecule has 7 nitrogen and oxygen atoms in total. The zero-order chi connectivity index (χ0) is 12.3. The van der Waals surface area contributed by atoms with Crippen molar-refractivity contribution in [3.05, 3.63) is 11.2 Å². The number of nitrogen functional groups attached to an aromatic ring is 1. The molecule has 0 aromatic carbocycles. The van der Waals surface area contributed by atoms with E-state index in [1.54, 1.807) is 0 Å². The van der Waals surface area contributed by atoms with Crippen LogP contribution in [0.25, 0.3) is 0 Å². The number of piperidine rings is 1. The summed E-state index contributed by atoms with van der Waals surface area (Å²) in [6.07, 6.45) is 2.72. The zero-order valence-electron chi connectivity index (χ0n) is 9.03. The smallest absolute Gasteiger partial charge is 0.239 e. The highest BCUT2D eigenvalue weighted by Gasteiger charge is 2.19. The Labute approximate surface area is 103 Å². The van der Waals surface area contributed by atoms with Crippen molar-refractivity contribution in [1.82, 2.24) is 15.3 Å². The summed E-state index contributed by atoms with van der Waals surface area (Å²) in [4.78, 5) is 19.0. The van der Waals surface area contributed by atoms with Gasteiger partial charge in [-0.2, -0.15) is 4.98 Å². The summed E-state index contributed by atoms with van der Waals surface area (Å²) in [5.74, 6) is 6.09. The standard InChI is InChI=1S/C9H13ClN6O/c10-6-4-13-9(16-11)15-8(6)14-5-1-2-7(17)12-3-5/h4-5H,1-3,11H2,(H,12,17)(H2,13,14,15,16). The molecular formula is C9H13ClN6O. The van der Waals surface area contributed by atoms with Gasteiger partial charge in [0.05, 0.1) is 6.20 Å². The van der Waals surface area contributed by atoms with E-state index < -0.39 is 0 Å². The Kier molecular flexibility index (Phi) is 3.60. The summed E-state index contributed by atoms with van der Waals surface area (Å²) in [5, 5.41) is 6.34. The number of nitrogens with one attached hydrogen (secondary N) is 3. The second-order valence-corrected chi connectivity index (χ2v) is 4.13. The Morgan fingerprint density at radius 2 is 2.41 bits per heavy atom. The normalized spacial score (nSPS) is 19.6. The van der Waals surface area contributed by atoms with Gasteiger partial charge in [-0.1, -0.05) is 11.6 Å². The van der Waals surface area contributed by atoms with Crippen LogP contribution < -0.4 is 21.9 Å². The number of carbonyl (C=O) groups excluding carboxylic acids is 1. The summed E-state index contributed by atoms with van der Waals surface area (Å²) in [7, 11) is 0. The summed E-state index contributed by atoms with van der Waals surface area (Å²) in [6.45, 7) is 0.560. The molecule has 0 saturated carbocycles. The number of aromatic nitrogens is 2. The summed E-state index contributed by atoms with van der Waals surface area (Å²) < 4.78 is 0. The van der Waals surface area contributed by atoms with Crippen molar-refractivity contribution < 1.29 is 4.79 Å². The van der Waals surface area contributed by atoms with Crippen molar-refractivity contribution >= 4 is 29.3 Å². The molecule has 0 aliphatic carbocycles. The maximum Gasteiger partial charge on any atom is 0.239 e. The van der Waals surface area contributed by atoms with E-state index in [4.69, 9.17) is 17.4 Å². The number of halogens is 1. The Morgan fingerprint density at radius 1 is 1.59 bits per heavy atom. The maximum absolute atomic E-state index is 11.0. The Bertz CT molecular complexity index is 416. The van der Waals surface area contributed by atoms with Crippen molar-refractivity contribution in [2.75, 3.05) is 17.3 Å². The van der Waals surface area contributed by atoms with Gasteiger partial charge >= 0.3 is 0 Å². The highest BCUT2D eigenvalue weighted by Crippen LogP contribution is 2.21. The number of anilines is 2. The Morgan fingerprint density at radius 3 is 3.06 bits per heavy atom. The van der Waals surface area contributed by atoms with Crippen molar-refractivity contribution in [1.29, 1.82) is 0 Å². The molecule has 1 unspecified atom stereocenters. The van der Waals surface area contributed by atoms with E-state index in [1.807, 2.05) is 0 Å². The minimum absolute atomic E-state index is 0.0705. The molecule has 1 aliphatic heterocycles. The number of hydrazine groups is 1. The van der Waals surface area contributed by atoms with Crippen molar-refractivity contribution in [2.24, 2.45) is 5.84 Å². The lowest BCUT2D eigenvalue weighted by Gasteiger charge is -2.24. The van der Waals surface area contributed by atoms with E-state index in [9.17, 15) is 4.79 Å². The van der Waals surface area contributed by atoms with Crippen LogP contribution in [0.15, 0.2) is 6.20 Å². The third kappa shape index (κ3) is 2.95. The van der Waals surface area contributed by atoms with Crippen LogP contribution in [0.1, 0.15) is 12.8 Å². The van der Waals surface area contributed by atoms with Crippen molar-refractivity contribution in [2.45, 2.75) is 18.9 Å². The van der Waals surface area contributed by atoms with E-state index in [-0.39, 0.29) is 17.9 Å². The fourth-order valence-electron chi connectivity index (χ4n) is 1.59. The first kappa shape index (κ1) is 11.9. The first-order valence-electron chi connectivity index (χ1n) is 5.21. The van der Waals surface area contributed by atoms with Crippen LogP contribution in [0.5, 0.6) is 0 Å². The zero-order valence-corrected chi connectivity index (χ0v) is 9.79. The van der Waals surface area contributed by atoms with Gasteiger partial charge in [-0.05, 0) is 6.42 Å². The number of amides is 1. The molecule has 1 aliphatic rings. The number of carbonyl (C=O) groups is 1. The molecule has 17 heavy (non-hydrogen) atoms. The fourth-order valence-corrected chi connectivity index (χ4v) is 1.73. The number of nitrogens with two attached hydrogens (primary N) is 1. The van der Waals surface area contributed by atoms with Gasteiger partial charge in [-0.15, -0.1) is 0 Å². The molecule has 0 spiro atoms. The predicted molar refractivity (Wildman–Crippen MR) is 64.5 cm³/mol. The molecule has 2 rings (SSSR count). The second-order valence-electron chi connectivity index (χ2n) is 3.72. The lowest BCUT2D eigenvalue weighted by molar-refractivity contribution is -0.122. The molecule has 2 heterocycles. The second kappa shape index (κ2) is 5.15. The molecular weight excluding hydrogens is 244 g/mol. The average molecular weight is 257 g/mol. The van der Waals surface area contributed by atoms with Gasteiger partial charge < -0.3 is 10.6 Å². The van der Waals surface area contributed by atoms with Gasteiger partial charge in [0, 0.05) is 19.0 Å². The summed E-state index contributed by atoms with van der Waals surface area (Å²) in [5.41, 5.74) is 2.35. The minimum Gasteiger partial charge on any atom is -0.364 e. The van der Waals surface area contributed by atoms with E-state index in [0.717, 1.165) is 6.42 Å². The summed E-state index contributed by atoms with van der Waals surface area (Å²) in [6, 6.07) is 0.116. The molecule has 1 fully saturated rings. The van der Waals surface area contributed by atoms with Crippen molar-refractivity contribution in [3.63, 3.8) is 0 Å². The third-order valence-electron chi connectivity index (χ3n) is 2.48. The molecule has 1 saturated heterocycles. The Balaban J connectivity index is 2.04. The number of hydrogen-bond donors (Lipinski definition) is 4. The van der Waals surface area contributed by atoms with Gasteiger partial charge in [0.25, 0.3) is 0 Å². The summed E-state index contributed by atoms with van der Waals surface area (Å²) >= 11 is 5.96. The van der Waals surface area contributed by atoms with Crippen LogP contribution in [0, 0.1) is 0 Å². The number of hydrogen-bond acceptors (Lipinski definition) is 6. The SMILES string of the molecule is NNc1ncc(Cl)c(NC2CCC(=O)NC2)n1. The van der Waals surface area contributed by atoms with Gasteiger partial charge in [0.15, 0.2) is 5.82 Å². The molecule has 1 aromatic rings. The van der Waals surface area contributed by atoms with Gasteiger partial charge in [0.1, 0.15) is 5.02 Å². The molecule has 8 heteroatoms. The van der Waals surface area contributed by atoms with Crippen LogP contribution in [-0.2, 0) is 4.79 Å². The average Bonchev–Trinajstić information content (AvgIpc) is 2.35. The van der Waals surface area contributed by atoms with Crippen LogP contribution in [0.2, 0.25) is 5.02 Å². The lowest BCUT2D eigenvalue weighted by Crippen LogP contribution is -2.42. The van der Waals surface area contributed by atoms with Crippen LogP contribution in [0.4, 0.5) is 11.8 Å². The topological polar surface area (TPSA) is 105 Å². The van der Waals surface area contributed by atoms with E-state index in [1.165, 1.54) is 6.20 Å². The Hall–Kier alpha value is -1.60. The monoisotopic (exact) mass is 256 g/mol. The highest BCUT2D eigenvalue weighted by atomic mass is 35.5. The lowest BCUT2D eigenvalue weighted by atomic mass is 10.1. The van der Waals surface area contributed by atoms with E-state index >= 15 is 0 Å². The maximum atomic E-state index is 11.0. The van der Waals surface area contributed by atoms with E-state index in [0.29, 0.717) is 23.8 Å². The van der Waals surface area contributed by atoms with Crippen LogP contribution in [-0.4, -0.2) is 28.5 Å². The molecule has 0 radical (unpaired) electrons. The van der Waals surface area contributed by atoms with Gasteiger partial charge in [-0.3, -0.25) is 10.2 Å². The largest absolute Gasteiger partial charge is 0.364 e. The van der Waals surface area contributed by atoms with E-state index in [2.05, 4.69) is 26.0 Å². The van der Waals surface area contributed by atoms with Crippen LogP contribution in [0.3, 0.4) is 0 Å². The molecule has 1 atom stereocenters. The quantitative estimate of drug-likeness (QED) is 0.452. The predicted octanol–water partition coefficient (Wildman–Crippen LogP) is 0.106. The highest BCUT2D eigenvalue weighted by molar-refractivity contribution is 6.32. The van der Waals surface area contributed by atoms with Crippen LogP contribution >= 0.6 is 11.6 Å². The first-order chi connectivity index (χ1) is 8.19. The molecule has 92 valence electrons. The first-order valence-corrected chi connectivity index (χ1v) is 5.59.